The number of anilines is 1. The van der Waals surface area contributed by atoms with Gasteiger partial charge in [0.25, 0.3) is 5.91 Å². The third-order valence-corrected chi connectivity index (χ3v) is 5.46. The summed E-state index contributed by atoms with van der Waals surface area (Å²) in [7, 11) is 3.85. The van der Waals surface area contributed by atoms with Gasteiger partial charge in [0.15, 0.2) is 0 Å². The molecule has 2 atom stereocenters. The summed E-state index contributed by atoms with van der Waals surface area (Å²) in [6.45, 7) is 2.80. The van der Waals surface area contributed by atoms with Gasteiger partial charge in [0.1, 0.15) is 5.82 Å². The van der Waals surface area contributed by atoms with E-state index < -0.39 is 0 Å². The lowest BCUT2D eigenvalue weighted by Gasteiger charge is -2.54. The smallest absolute Gasteiger partial charge is 0.251 e. The van der Waals surface area contributed by atoms with Crippen LogP contribution in [0.3, 0.4) is 0 Å². The fraction of sp³-hybridized carbons (Fsp3) is 0.667. The van der Waals surface area contributed by atoms with E-state index in [1.807, 2.05) is 32.0 Å². The molecule has 1 amide bonds. The van der Waals surface area contributed by atoms with E-state index in [4.69, 9.17) is 4.74 Å². The SMILES string of the molecule is CCO[C@H]1C[C@H](NC(=O)c2ccnc(N(C)C)c2)C12CCCC2. The molecule has 0 unspecified atom stereocenters. The van der Waals surface area contributed by atoms with Gasteiger partial charge in [0.05, 0.1) is 6.10 Å². The van der Waals surface area contributed by atoms with Crippen LogP contribution in [0, 0.1) is 5.41 Å². The standard InChI is InChI=1S/C18H27N3O2/c1-4-23-15-12-14(18(15)8-5-6-9-18)20-17(22)13-7-10-19-16(11-13)21(2)3/h7,10-11,14-15H,4-6,8-9,12H2,1-3H3,(H,20,22)/t14-,15-/m0/s1. The van der Waals surface area contributed by atoms with Crippen LogP contribution in [-0.4, -0.2) is 43.7 Å². The highest BCUT2D eigenvalue weighted by Gasteiger charge is 2.57. The topological polar surface area (TPSA) is 54.5 Å². The van der Waals surface area contributed by atoms with Gasteiger partial charge in [-0.3, -0.25) is 4.79 Å². The highest BCUT2D eigenvalue weighted by atomic mass is 16.5. The lowest BCUT2D eigenvalue weighted by molar-refractivity contribution is -0.127. The first-order valence-corrected chi connectivity index (χ1v) is 8.62. The average molecular weight is 317 g/mol. The summed E-state index contributed by atoms with van der Waals surface area (Å²) in [5, 5.41) is 3.25. The molecule has 1 spiro atoms. The van der Waals surface area contributed by atoms with Gasteiger partial charge < -0.3 is 15.0 Å². The second kappa shape index (κ2) is 6.48. The first-order chi connectivity index (χ1) is 11.1. The van der Waals surface area contributed by atoms with Crippen LogP contribution in [-0.2, 0) is 4.74 Å². The largest absolute Gasteiger partial charge is 0.378 e. The second-order valence-corrected chi connectivity index (χ2v) is 6.94. The second-order valence-electron chi connectivity index (χ2n) is 6.94. The number of pyridine rings is 1. The van der Waals surface area contributed by atoms with E-state index in [1.54, 1.807) is 12.3 Å². The van der Waals surface area contributed by atoms with E-state index in [0.29, 0.717) is 11.7 Å². The Morgan fingerprint density at radius 2 is 2.17 bits per heavy atom. The van der Waals surface area contributed by atoms with Crippen LogP contribution in [0.1, 0.15) is 49.4 Å². The number of hydrogen-bond donors (Lipinski definition) is 1. The van der Waals surface area contributed by atoms with Gasteiger partial charge >= 0.3 is 0 Å². The Kier molecular flexibility index (Phi) is 4.57. The van der Waals surface area contributed by atoms with Gasteiger partial charge in [-0.05, 0) is 38.3 Å². The number of amides is 1. The molecule has 23 heavy (non-hydrogen) atoms. The molecule has 1 aromatic heterocycles. The van der Waals surface area contributed by atoms with Gasteiger partial charge in [-0.15, -0.1) is 0 Å². The molecule has 2 aliphatic rings. The summed E-state index contributed by atoms with van der Waals surface area (Å²) in [5.41, 5.74) is 0.847. The molecular weight excluding hydrogens is 290 g/mol. The van der Waals surface area contributed by atoms with Crippen LogP contribution >= 0.6 is 0 Å². The number of rotatable bonds is 5. The maximum absolute atomic E-state index is 12.6. The van der Waals surface area contributed by atoms with Crippen molar-refractivity contribution in [1.29, 1.82) is 0 Å². The summed E-state index contributed by atoms with van der Waals surface area (Å²) in [6, 6.07) is 3.86. The number of carbonyl (C=O) groups is 1. The number of ether oxygens (including phenoxy) is 1. The molecule has 2 fully saturated rings. The molecule has 3 rings (SSSR count). The maximum atomic E-state index is 12.6. The Hall–Kier alpha value is -1.62. The fourth-order valence-electron chi connectivity index (χ4n) is 4.13. The van der Waals surface area contributed by atoms with Crippen LogP contribution < -0.4 is 10.2 Å². The van der Waals surface area contributed by atoms with Gasteiger partial charge in [-0.25, -0.2) is 4.98 Å². The van der Waals surface area contributed by atoms with E-state index in [0.717, 1.165) is 18.8 Å². The Bertz CT molecular complexity index is 567. The quantitative estimate of drug-likeness (QED) is 0.907. The van der Waals surface area contributed by atoms with Crippen LogP contribution in [0.15, 0.2) is 18.3 Å². The van der Waals surface area contributed by atoms with Crippen molar-refractivity contribution in [2.75, 3.05) is 25.6 Å². The minimum Gasteiger partial charge on any atom is -0.378 e. The van der Waals surface area contributed by atoms with Crippen LogP contribution in [0.5, 0.6) is 0 Å². The molecule has 5 heteroatoms. The molecular formula is C18H27N3O2. The average Bonchev–Trinajstić information content (AvgIpc) is 3.06. The van der Waals surface area contributed by atoms with Crippen molar-refractivity contribution in [2.45, 2.75) is 51.2 Å². The Labute approximate surface area is 138 Å². The van der Waals surface area contributed by atoms with Crippen molar-refractivity contribution in [3.63, 3.8) is 0 Å². The predicted octanol–water partition coefficient (Wildman–Crippen LogP) is 2.62. The van der Waals surface area contributed by atoms with Crippen molar-refractivity contribution in [1.82, 2.24) is 10.3 Å². The Balaban J connectivity index is 1.69. The first-order valence-electron chi connectivity index (χ1n) is 8.62. The van der Waals surface area contributed by atoms with E-state index in [9.17, 15) is 4.79 Å². The van der Waals surface area contributed by atoms with Crippen LogP contribution in [0.4, 0.5) is 5.82 Å². The highest BCUT2D eigenvalue weighted by Crippen LogP contribution is 2.54. The van der Waals surface area contributed by atoms with Crippen molar-refractivity contribution < 1.29 is 9.53 Å². The third-order valence-electron chi connectivity index (χ3n) is 5.46. The molecule has 0 bridgehead atoms. The Morgan fingerprint density at radius 1 is 1.43 bits per heavy atom. The van der Waals surface area contributed by atoms with Crippen LogP contribution in [0.2, 0.25) is 0 Å². The monoisotopic (exact) mass is 317 g/mol. The van der Waals surface area contributed by atoms with E-state index in [-0.39, 0.29) is 17.4 Å². The van der Waals surface area contributed by atoms with E-state index >= 15 is 0 Å². The molecule has 0 aliphatic heterocycles. The fourth-order valence-corrected chi connectivity index (χ4v) is 4.13. The molecule has 0 saturated heterocycles. The summed E-state index contributed by atoms with van der Waals surface area (Å²) < 4.78 is 5.92. The maximum Gasteiger partial charge on any atom is 0.251 e. The zero-order valence-electron chi connectivity index (χ0n) is 14.3. The summed E-state index contributed by atoms with van der Waals surface area (Å²) >= 11 is 0. The highest BCUT2D eigenvalue weighted by molar-refractivity contribution is 5.95. The van der Waals surface area contributed by atoms with Crippen molar-refractivity contribution >= 4 is 11.7 Å². The number of nitrogens with zero attached hydrogens (tertiary/aromatic N) is 2. The van der Waals surface area contributed by atoms with Crippen molar-refractivity contribution in [3.05, 3.63) is 23.9 Å². The Morgan fingerprint density at radius 3 is 2.83 bits per heavy atom. The lowest BCUT2D eigenvalue weighted by atomic mass is 9.60. The predicted molar refractivity (Wildman–Crippen MR) is 90.8 cm³/mol. The zero-order valence-corrected chi connectivity index (χ0v) is 14.3. The summed E-state index contributed by atoms with van der Waals surface area (Å²) in [4.78, 5) is 18.8. The van der Waals surface area contributed by atoms with Gasteiger partial charge in [-0.1, -0.05) is 12.8 Å². The molecule has 5 nitrogen and oxygen atoms in total. The normalized spacial score (nSPS) is 25.2. The molecule has 1 aromatic rings. The van der Waals surface area contributed by atoms with Crippen molar-refractivity contribution in [2.24, 2.45) is 5.41 Å². The number of carbonyl (C=O) groups excluding carboxylic acids is 1. The lowest BCUT2D eigenvalue weighted by Crippen LogP contribution is -2.63. The summed E-state index contributed by atoms with van der Waals surface area (Å²) in [6.07, 6.45) is 7.77. The number of aromatic nitrogens is 1. The van der Waals surface area contributed by atoms with Gasteiger partial charge in [0, 0.05) is 43.9 Å². The van der Waals surface area contributed by atoms with E-state index in [1.165, 1.54) is 25.7 Å². The molecule has 0 aromatic carbocycles. The number of hydrogen-bond acceptors (Lipinski definition) is 4. The van der Waals surface area contributed by atoms with Crippen LogP contribution in [0.25, 0.3) is 0 Å². The minimum atomic E-state index is 0.00160. The van der Waals surface area contributed by atoms with Gasteiger partial charge in [0.2, 0.25) is 0 Å². The van der Waals surface area contributed by atoms with E-state index in [2.05, 4.69) is 10.3 Å². The molecule has 1 N–H and O–H groups in total. The molecule has 0 radical (unpaired) electrons. The first kappa shape index (κ1) is 16.2. The molecule has 2 aliphatic carbocycles. The summed E-state index contributed by atoms with van der Waals surface area (Å²) in [5.74, 6) is 0.802. The molecule has 2 saturated carbocycles. The third kappa shape index (κ3) is 2.94. The van der Waals surface area contributed by atoms with Gasteiger partial charge in [-0.2, -0.15) is 0 Å². The molecule has 126 valence electrons. The number of nitrogens with one attached hydrogen (secondary N) is 1. The van der Waals surface area contributed by atoms with Crippen molar-refractivity contribution in [3.8, 4) is 0 Å². The zero-order chi connectivity index (χ0) is 16.4. The molecule has 1 heterocycles. The minimum absolute atomic E-state index is 0.00160.